The molecule has 8 heteroatoms. The Hall–Kier alpha value is -3.49. The summed E-state index contributed by atoms with van der Waals surface area (Å²) in [5.74, 6) is -0.626. The number of ether oxygens (including phenoxy) is 2. The molecule has 8 nitrogen and oxygen atoms in total. The molecular weight excluding hydrogens is 460 g/mol. The molecule has 1 amide bonds. The Morgan fingerprint density at radius 2 is 1.72 bits per heavy atom. The van der Waals surface area contributed by atoms with E-state index in [9.17, 15) is 14.4 Å². The molecule has 0 unspecified atom stereocenters. The van der Waals surface area contributed by atoms with Crippen LogP contribution in [0.5, 0.6) is 0 Å². The summed E-state index contributed by atoms with van der Waals surface area (Å²) in [6.45, 7) is 8.38. The van der Waals surface area contributed by atoms with Crippen molar-refractivity contribution in [1.29, 1.82) is 0 Å². The Balaban J connectivity index is 1.55. The van der Waals surface area contributed by atoms with Crippen LogP contribution in [0.25, 0.3) is 11.0 Å². The van der Waals surface area contributed by atoms with E-state index in [2.05, 4.69) is 4.90 Å². The molecule has 1 aromatic heterocycles. The van der Waals surface area contributed by atoms with Gasteiger partial charge in [0.2, 0.25) is 5.76 Å². The fraction of sp³-hybridized carbons (Fsp3) is 0.393. The maximum Gasteiger partial charge on any atom is 0.337 e. The van der Waals surface area contributed by atoms with Gasteiger partial charge in [0.15, 0.2) is 5.43 Å². The molecule has 2 aliphatic heterocycles. The van der Waals surface area contributed by atoms with Crippen LogP contribution < -0.4 is 5.43 Å². The molecule has 0 radical (unpaired) electrons. The predicted octanol–water partition coefficient (Wildman–Crippen LogP) is 3.46. The second-order valence-electron chi connectivity index (χ2n) is 9.43. The third-order valence-corrected chi connectivity index (χ3v) is 7.21. The van der Waals surface area contributed by atoms with Gasteiger partial charge < -0.3 is 18.8 Å². The van der Waals surface area contributed by atoms with E-state index in [1.54, 1.807) is 29.2 Å². The number of morpholine rings is 1. The van der Waals surface area contributed by atoms with Crippen LogP contribution in [0.3, 0.4) is 0 Å². The average Bonchev–Trinajstić information content (AvgIpc) is 3.17. The number of esters is 1. The summed E-state index contributed by atoms with van der Waals surface area (Å²) < 4.78 is 16.3. The Bertz CT molecular complexity index is 1370. The Kier molecular flexibility index (Phi) is 6.64. The highest BCUT2D eigenvalue weighted by Crippen LogP contribution is 2.38. The lowest BCUT2D eigenvalue weighted by Crippen LogP contribution is -2.38. The number of nitrogens with zero attached hydrogens (tertiary/aromatic N) is 2. The van der Waals surface area contributed by atoms with Gasteiger partial charge in [-0.3, -0.25) is 14.5 Å². The molecule has 36 heavy (non-hydrogen) atoms. The minimum Gasteiger partial charge on any atom is -0.465 e. The van der Waals surface area contributed by atoms with Crippen molar-refractivity contribution in [3.8, 4) is 0 Å². The summed E-state index contributed by atoms with van der Waals surface area (Å²) in [4.78, 5) is 43.4. The second-order valence-corrected chi connectivity index (χ2v) is 9.43. The van der Waals surface area contributed by atoms with Crippen molar-refractivity contribution in [2.75, 3.05) is 46.5 Å². The van der Waals surface area contributed by atoms with Gasteiger partial charge in [-0.25, -0.2) is 4.79 Å². The van der Waals surface area contributed by atoms with E-state index in [0.717, 1.165) is 42.7 Å². The van der Waals surface area contributed by atoms with Crippen molar-refractivity contribution in [1.82, 2.24) is 9.80 Å². The van der Waals surface area contributed by atoms with E-state index in [1.165, 1.54) is 7.11 Å². The third-order valence-electron chi connectivity index (χ3n) is 7.21. The zero-order chi connectivity index (χ0) is 25.4. The first kappa shape index (κ1) is 24.2. The van der Waals surface area contributed by atoms with Gasteiger partial charge in [0.25, 0.3) is 5.91 Å². The number of carbonyl (C=O) groups excluding carboxylic acids is 2. The number of fused-ring (bicyclic) bond motifs is 2. The van der Waals surface area contributed by atoms with E-state index in [-0.39, 0.29) is 17.1 Å². The second kappa shape index (κ2) is 9.87. The van der Waals surface area contributed by atoms with Crippen molar-refractivity contribution in [3.63, 3.8) is 0 Å². The summed E-state index contributed by atoms with van der Waals surface area (Å²) in [5, 5.41) is 0.469. The largest absolute Gasteiger partial charge is 0.465 e. The summed E-state index contributed by atoms with van der Waals surface area (Å²) in [5.41, 5.74) is 3.71. The van der Waals surface area contributed by atoms with Crippen molar-refractivity contribution < 1.29 is 23.5 Å². The van der Waals surface area contributed by atoms with Gasteiger partial charge >= 0.3 is 5.97 Å². The monoisotopic (exact) mass is 490 g/mol. The molecule has 2 aliphatic rings. The van der Waals surface area contributed by atoms with Gasteiger partial charge in [-0.2, -0.15) is 0 Å². The normalized spacial score (nSPS) is 18.0. The third kappa shape index (κ3) is 4.31. The summed E-state index contributed by atoms with van der Waals surface area (Å²) >= 11 is 0. The minimum atomic E-state index is -0.592. The van der Waals surface area contributed by atoms with Crippen LogP contribution in [0.1, 0.15) is 55.6 Å². The van der Waals surface area contributed by atoms with Gasteiger partial charge in [0.05, 0.1) is 42.9 Å². The zero-order valence-corrected chi connectivity index (χ0v) is 20.8. The first-order valence-electron chi connectivity index (χ1n) is 12.3. The van der Waals surface area contributed by atoms with E-state index in [1.807, 2.05) is 26.0 Å². The van der Waals surface area contributed by atoms with Crippen molar-refractivity contribution >= 4 is 22.8 Å². The Morgan fingerprint density at radius 3 is 2.42 bits per heavy atom. The Labute approximate surface area is 209 Å². The number of hydrogen-bond acceptors (Lipinski definition) is 7. The SMILES string of the molecule is COC(=O)c1ccc([C@@H]2c3c(oc4cc(C)c(C)cc4c3=O)C(=O)N2CCCN2CCOCC2)cc1. The standard InChI is InChI=1S/C28H30N2O6/c1-17-15-21-22(16-18(17)2)36-26-23(25(21)31)24(19-5-7-20(8-6-19)28(33)34-3)30(27(26)32)10-4-9-29-11-13-35-14-12-29/h5-8,15-16,24H,4,9-14H2,1-3H3/t24-/m1/s1. The molecule has 5 rings (SSSR count). The molecule has 0 bridgehead atoms. The van der Waals surface area contributed by atoms with E-state index in [4.69, 9.17) is 13.9 Å². The number of methoxy groups -OCH3 is 1. The lowest BCUT2D eigenvalue weighted by atomic mass is 9.96. The molecule has 1 atom stereocenters. The molecule has 3 heterocycles. The zero-order valence-electron chi connectivity index (χ0n) is 20.8. The van der Waals surface area contributed by atoms with Crippen LogP contribution in [0.4, 0.5) is 0 Å². The van der Waals surface area contributed by atoms with E-state index >= 15 is 0 Å². The van der Waals surface area contributed by atoms with Crippen LogP contribution in [0, 0.1) is 13.8 Å². The quantitative estimate of drug-likeness (QED) is 0.489. The Morgan fingerprint density at radius 1 is 1.03 bits per heavy atom. The molecule has 188 valence electrons. The summed E-state index contributed by atoms with van der Waals surface area (Å²) in [6.07, 6.45) is 0.752. The molecule has 0 saturated carbocycles. The first-order chi connectivity index (χ1) is 17.4. The molecule has 0 aliphatic carbocycles. The average molecular weight is 491 g/mol. The van der Waals surface area contributed by atoms with Gasteiger partial charge in [-0.15, -0.1) is 0 Å². The predicted molar refractivity (Wildman–Crippen MR) is 134 cm³/mol. The van der Waals surface area contributed by atoms with E-state index < -0.39 is 12.0 Å². The number of rotatable bonds is 6. The lowest BCUT2D eigenvalue weighted by molar-refractivity contribution is 0.0353. The van der Waals surface area contributed by atoms with Crippen LogP contribution in [0.2, 0.25) is 0 Å². The number of aryl methyl sites for hydroxylation is 2. The number of hydrogen-bond donors (Lipinski definition) is 0. The topological polar surface area (TPSA) is 89.3 Å². The first-order valence-corrected chi connectivity index (χ1v) is 12.3. The van der Waals surface area contributed by atoms with Crippen molar-refractivity contribution in [2.45, 2.75) is 26.3 Å². The number of amides is 1. The van der Waals surface area contributed by atoms with Crippen LogP contribution in [-0.2, 0) is 9.47 Å². The molecule has 0 N–H and O–H groups in total. The maximum atomic E-state index is 13.8. The molecule has 1 fully saturated rings. The highest BCUT2D eigenvalue weighted by molar-refractivity contribution is 5.99. The molecule has 3 aromatic rings. The summed E-state index contributed by atoms with van der Waals surface area (Å²) in [6, 6.07) is 9.93. The van der Waals surface area contributed by atoms with Crippen LogP contribution in [0.15, 0.2) is 45.6 Å². The molecule has 2 aromatic carbocycles. The van der Waals surface area contributed by atoms with Gasteiger partial charge in [0.1, 0.15) is 5.58 Å². The highest BCUT2D eigenvalue weighted by atomic mass is 16.5. The maximum absolute atomic E-state index is 13.8. The number of benzene rings is 2. The fourth-order valence-corrected chi connectivity index (χ4v) is 5.06. The molecule has 1 saturated heterocycles. The van der Waals surface area contributed by atoms with Crippen molar-refractivity contribution in [3.05, 3.63) is 80.2 Å². The van der Waals surface area contributed by atoms with Gasteiger partial charge in [-0.05, 0) is 61.2 Å². The smallest absolute Gasteiger partial charge is 0.337 e. The fourth-order valence-electron chi connectivity index (χ4n) is 5.06. The van der Waals surface area contributed by atoms with Crippen LogP contribution >= 0.6 is 0 Å². The molecular formula is C28H30N2O6. The minimum absolute atomic E-state index is 0.101. The lowest BCUT2D eigenvalue weighted by Gasteiger charge is -2.29. The van der Waals surface area contributed by atoms with Crippen molar-refractivity contribution in [2.24, 2.45) is 0 Å². The number of carbonyl (C=O) groups is 2. The van der Waals surface area contributed by atoms with Crippen LogP contribution in [-0.4, -0.2) is 68.2 Å². The molecule has 0 spiro atoms. The summed E-state index contributed by atoms with van der Waals surface area (Å²) in [7, 11) is 1.33. The van der Waals surface area contributed by atoms with E-state index in [0.29, 0.717) is 41.9 Å². The van der Waals surface area contributed by atoms with Gasteiger partial charge in [0, 0.05) is 26.2 Å². The van der Waals surface area contributed by atoms with Gasteiger partial charge in [-0.1, -0.05) is 12.1 Å². The highest BCUT2D eigenvalue weighted by Gasteiger charge is 2.42.